The number of carbonyl (C=O) groups excluding carboxylic acids is 2. The summed E-state index contributed by atoms with van der Waals surface area (Å²) < 4.78 is 0. The second kappa shape index (κ2) is 9.46. The van der Waals surface area contributed by atoms with Crippen LogP contribution in [0.4, 0.5) is 0 Å². The Bertz CT molecular complexity index is 1130. The molecule has 1 aliphatic heterocycles. The number of nitrogens with zero attached hydrogens (tertiary/aromatic N) is 1. The van der Waals surface area contributed by atoms with Gasteiger partial charge in [0.2, 0.25) is 5.91 Å². The molecule has 4 rings (SSSR count). The lowest BCUT2D eigenvalue weighted by Gasteiger charge is -2.51. The van der Waals surface area contributed by atoms with Crippen LogP contribution in [0.5, 0.6) is 0 Å². The van der Waals surface area contributed by atoms with Gasteiger partial charge < -0.3 is 20.4 Å². The normalized spacial score (nSPS) is 25.8. The van der Waals surface area contributed by atoms with E-state index < -0.39 is 17.0 Å². The fraction of sp³-hybridized carbons (Fsp3) is 0.464. The zero-order valence-electron chi connectivity index (χ0n) is 20.6. The van der Waals surface area contributed by atoms with Crippen LogP contribution in [0.3, 0.4) is 0 Å². The minimum Gasteiger partial charge on any atom is -0.478 e. The number of carboxylic acids is 1. The number of likely N-dealkylation sites (tertiary alicyclic amines) is 1. The summed E-state index contributed by atoms with van der Waals surface area (Å²) in [6.07, 6.45) is 2.67. The number of benzene rings is 2. The molecule has 7 nitrogen and oxygen atoms in total. The highest BCUT2D eigenvalue weighted by Crippen LogP contribution is 2.46. The maximum atomic E-state index is 13.6. The summed E-state index contributed by atoms with van der Waals surface area (Å²) in [6, 6.07) is 13.5. The fourth-order valence-corrected chi connectivity index (χ4v) is 5.58. The van der Waals surface area contributed by atoms with Gasteiger partial charge in [0.05, 0.1) is 17.1 Å². The van der Waals surface area contributed by atoms with Crippen molar-refractivity contribution in [3.8, 4) is 0 Å². The second-order valence-corrected chi connectivity index (χ2v) is 10.6. The van der Waals surface area contributed by atoms with Crippen molar-refractivity contribution >= 4 is 17.8 Å². The molecular weight excluding hydrogens is 444 g/mol. The molecule has 1 saturated carbocycles. The van der Waals surface area contributed by atoms with Crippen molar-refractivity contribution < 1.29 is 24.6 Å². The first-order chi connectivity index (χ1) is 16.5. The van der Waals surface area contributed by atoms with Crippen LogP contribution in [0, 0.1) is 18.3 Å². The van der Waals surface area contributed by atoms with Crippen LogP contribution in [-0.2, 0) is 10.4 Å². The SMILES string of the molecule is Cc1ccc([C@@]2(O)CCN(C(=O)[C@H]3CCC[C@H]3NC(=O)c3cccc(C(=O)O)c3)CC2(C)C)cc1. The minimum absolute atomic E-state index is 0.00566. The third-order valence-electron chi connectivity index (χ3n) is 7.81. The molecule has 2 fully saturated rings. The van der Waals surface area contributed by atoms with Crippen molar-refractivity contribution in [2.75, 3.05) is 13.1 Å². The zero-order valence-corrected chi connectivity index (χ0v) is 20.6. The number of carbonyl (C=O) groups is 3. The van der Waals surface area contributed by atoms with Crippen molar-refractivity contribution in [2.24, 2.45) is 11.3 Å². The van der Waals surface area contributed by atoms with E-state index in [4.69, 9.17) is 0 Å². The first-order valence-corrected chi connectivity index (χ1v) is 12.2. The number of rotatable bonds is 5. The van der Waals surface area contributed by atoms with E-state index in [9.17, 15) is 24.6 Å². The molecule has 1 aliphatic carbocycles. The molecule has 3 atom stereocenters. The lowest BCUT2D eigenvalue weighted by Crippen LogP contribution is -2.58. The Balaban J connectivity index is 1.45. The van der Waals surface area contributed by atoms with Gasteiger partial charge in [0, 0.05) is 30.1 Å². The molecule has 1 saturated heterocycles. The number of hydrogen-bond donors (Lipinski definition) is 3. The van der Waals surface area contributed by atoms with Crippen LogP contribution >= 0.6 is 0 Å². The van der Waals surface area contributed by atoms with Crippen LogP contribution < -0.4 is 5.32 Å². The van der Waals surface area contributed by atoms with Crippen LogP contribution in [0.2, 0.25) is 0 Å². The molecule has 0 aromatic heterocycles. The van der Waals surface area contributed by atoms with Crippen LogP contribution in [0.1, 0.15) is 71.4 Å². The quantitative estimate of drug-likeness (QED) is 0.607. The largest absolute Gasteiger partial charge is 0.478 e. The van der Waals surface area contributed by atoms with Crippen molar-refractivity contribution in [1.82, 2.24) is 10.2 Å². The Morgan fingerprint density at radius 2 is 1.71 bits per heavy atom. The van der Waals surface area contributed by atoms with Crippen molar-refractivity contribution in [2.45, 2.75) is 58.1 Å². The molecule has 0 unspecified atom stereocenters. The maximum absolute atomic E-state index is 13.6. The summed E-state index contributed by atoms with van der Waals surface area (Å²) >= 11 is 0. The predicted octanol–water partition coefficient (Wildman–Crippen LogP) is 3.74. The number of piperidine rings is 1. The molecule has 2 aromatic rings. The van der Waals surface area contributed by atoms with Gasteiger partial charge in [-0.05, 0) is 49.9 Å². The van der Waals surface area contributed by atoms with Crippen molar-refractivity contribution in [3.05, 3.63) is 70.8 Å². The van der Waals surface area contributed by atoms with Gasteiger partial charge in [-0.2, -0.15) is 0 Å². The third kappa shape index (κ3) is 4.82. The van der Waals surface area contributed by atoms with Gasteiger partial charge in [-0.15, -0.1) is 0 Å². The van der Waals surface area contributed by atoms with Crippen LogP contribution in [0.25, 0.3) is 0 Å². The molecule has 7 heteroatoms. The van der Waals surface area contributed by atoms with Crippen LogP contribution in [-0.4, -0.2) is 52.0 Å². The lowest BCUT2D eigenvalue weighted by atomic mass is 9.66. The van der Waals surface area contributed by atoms with Gasteiger partial charge in [0.25, 0.3) is 5.91 Å². The topological polar surface area (TPSA) is 107 Å². The van der Waals surface area contributed by atoms with Crippen molar-refractivity contribution in [1.29, 1.82) is 0 Å². The van der Waals surface area contributed by atoms with Gasteiger partial charge in [-0.1, -0.05) is 56.2 Å². The molecule has 0 bridgehead atoms. The monoisotopic (exact) mass is 478 g/mol. The Morgan fingerprint density at radius 3 is 2.37 bits per heavy atom. The molecule has 0 spiro atoms. The molecule has 186 valence electrons. The predicted molar refractivity (Wildman–Crippen MR) is 132 cm³/mol. The molecule has 35 heavy (non-hydrogen) atoms. The summed E-state index contributed by atoms with van der Waals surface area (Å²) in [7, 11) is 0. The highest BCUT2D eigenvalue weighted by atomic mass is 16.4. The second-order valence-electron chi connectivity index (χ2n) is 10.6. The molecule has 2 aliphatic rings. The Kier molecular flexibility index (Phi) is 6.73. The minimum atomic E-state index is -1.09. The molecular formula is C28H34N2O5. The summed E-state index contributed by atoms with van der Waals surface area (Å²) in [5, 5.41) is 23.8. The highest BCUT2D eigenvalue weighted by molar-refractivity contribution is 5.98. The Hall–Kier alpha value is -3.19. The van der Waals surface area contributed by atoms with E-state index in [-0.39, 0.29) is 34.9 Å². The summed E-state index contributed by atoms with van der Waals surface area (Å²) in [5.74, 6) is -1.79. The number of aromatic carboxylic acids is 1. The lowest BCUT2D eigenvalue weighted by molar-refractivity contribution is -0.156. The van der Waals surface area contributed by atoms with Crippen molar-refractivity contribution in [3.63, 3.8) is 0 Å². The first-order valence-electron chi connectivity index (χ1n) is 12.2. The molecule has 2 aromatic carbocycles. The first kappa shape index (κ1) is 24.9. The van der Waals surface area contributed by atoms with E-state index in [1.807, 2.05) is 49.9 Å². The average molecular weight is 479 g/mol. The fourth-order valence-electron chi connectivity index (χ4n) is 5.58. The Morgan fingerprint density at radius 1 is 1.03 bits per heavy atom. The molecule has 1 heterocycles. The number of aliphatic hydroxyl groups is 1. The third-order valence-corrected chi connectivity index (χ3v) is 7.81. The van der Waals surface area contributed by atoms with E-state index >= 15 is 0 Å². The molecule has 3 N–H and O–H groups in total. The van der Waals surface area contributed by atoms with E-state index in [1.54, 1.807) is 12.1 Å². The molecule has 0 radical (unpaired) electrons. The standard InChI is InChI=1S/C28H34N2O5/c1-18-10-12-21(13-11-18)28(35)14-15-30(17-27(28,2)3)25(32)22-8-5-9-23(22)29-24(31)19-6-4-7-20(16-19)26(33)34/h4,6-7,10-13,16,22-23,35H,5,8-9,14-15,17H2,1-3H3,(H,29,31)(H,33,34)/t22-,23+,28-/m0/s1. The van der Waals surface area contributed by atoms with Gasteiger partial charge in [0.15, 0.2) is 0 Å². The van der Waals surface area contributed by atoms with E-state index in [0.29, 0.717) is 32.4 Å². The van der Waals surface area contributed by atoms with Gasteiger partial charge in [0.1, 0.15) is 0 Å². The van der Waals surface area contributed by atoms with Gasteiger partial charge in [-0.3, -0.25) is 9.59 Å². The van der Waals surface area contributed by atoms with Gasteiger partial charge >= 0.3 is 5.97 Å². The molecule has 2 amide bonds. The van der Waals surface area contributed by atoms with Crippen LogP contribution in [0.15, 0.2) is 48.5 Å². The van der Waals surface area contributed by atoms with E-state index in [0.717, 1.165) is 17.5 Å². The number of nitrogens with one attached hydrogen (secondary N) is 1. The number of amides is 2. The summed E-state index contributed by atoms with van der Waals surface area (Å²) in [6.45, 7) is 6.88. The number of hydrogen-bond acceptors (Lipinski definition) is 4. The summed E-state index contributed by atoms with van der Waals surface area (Å²) in [4.78, 5) is 39.5. The summed E-state index contributed by atoms with van der Waals surface area (Å²) in [5.41, 5.74) is 0.737. The zero-order chi connectivity index (χ0) is 25.4. The number of aryl methyl sites for hydroxylation is 1. The van der Waals surface area contributed by atoms with Gasteiger partial charge in [-0.25, -0.2) is 4.79 Å². The maximum Gasteiger partial charge on any atom is 0.335 e. The average Bonchev–Trinajstić information content (AvgIpc) is 3.28. The smallest absolute Gasteiger partial charge is 0.335 e. The Labute approximate surface area is 206 Å². The number of carboxylic acid groups (broad SMARTS) is 1. The van der Waals surface area contributed by atoms with E-state index in [2.05, 4.69) is 5.32 Å². The highest BCUT2D eigenvalue weighted by Gasteiger charge is 2.50. The van der Waals surface area contributed by atoms with E-state index in [1.165, 1.54) is 12.1 Å².